The lowest BCUT2D eigenvalue weighted by Crippen LogP contribution is -2.45. The highest BCUT2D eigenvalue weighted by Gasteiger charge is 2.36. The van der Waals surface area contributed by atoms with Crippen molar-refractivity contribution in [2.24, 2.45) is 5.73 Å². The fourth-order valence-corrected chi connectivity index (χ4v) is 4.27. The lowest BCUT2D eigenvalue weighted by Gasteiger charge is -2.36. The molecule has 0 bridgehead atoms. The van der Waals surface area contributed by atoms with Gasteiger partial charge in [0.25, 0.3) is 0 Å². The van der Waals surface area contributed by atoms with E-state index in [1.54, 1.807) is 0 Å². The van der Waals surface area contributed by atoms with Crippen LogP contribution < -0.4 is 5.73 Å². The van der Waals surface area contributed by atoms with Gasteiger partial charge >= 0.3 is 0 Å². The number of benzene rings is 4. The zero-order valence-electron chi connectivity index (χ0n) is 17.7. The van der Waals surface area contributed by atoms with Gasteiger partial charge in [-0.15, -0.1) is 0 Å². The van der Waals surface area contributed by atoms with Crippen LogP contribution in [0.3, 0.4) is 0 Å². The molecule has 152 valence electrons. The zero-order valence-corrected chi connectivity index (χ0v) is 17.7. The van der Waals surface area contributed by atoms with Gasteiger partial charge < -0.3 is 10.8 Å². The standard InChI is InChI=1S/C28H29NO/c1-20-9-3-5-13-25(20)18-28(30,19-26-14-6-4-10-21(26)2)27(29)24-16-15-22-11-7-8-12-23(22)17-24/h3-17,27,30H,18-19,29H2,1-2H3. The Labute approximate surface area is 179 Å². The van der Waals surface area contributed by atoms with Gasteiger partial charge in [0.2, 0.25) is 0 Å². The summed E-state index contributed by atoms with van der Waals surface area (Å²) < 4.78 is 0. The van der Waals surface area contributed by atoms with Crippen molar-refractivity contribution < 1.29 is 5.11 Å². The van der Waals surface area contributed by atoms with Crippen LogP contribution in [0.25, 0.3) is 10.8 Å². The Balaban J connectivity index is 1.76. The maximum absolute atomic E-state index is 12.0. The van der Waals surface area contributed by atoms with Crippen molar-refractivity contribution >= 4 is 10.8 Å². The normalized spacial score (nSPS) is 12.8. The molecule has 2 nitrogen and oxygen atoms in total. The number of rotatable bonds is 6. The summed E-state index contributed by atoms with van der Waals surface area (Å²) in [7, 11) is 0. The van der Waals surface area contributed by atoms with Crippen LogP contribution in [0.4, 0.5) is 0 Å². The Kier molecular flexibility index (Phi) is 5.72. The van der Waals surface area contributed by atoms with Gasteiger partial charge in [-0.05, 0) is 58.5 Å². The highest BCUT2D eigenvalue weighted by molar-refractivity contribution is 5.83. The molecule has 4 aromatic rings. The van der Waals surface area contributed by atoms with Gasteiger partial charge in [0, 0.05) is 12.8 Å². The van der Waals surface area contributed by atoms with Gasteiger partial charge in [-0.25, -0.2) is 0 Å². The Hall–Kier alpha value is -2.94. The summed E-state index contributed by atoms with van der Waals surface area (Å²) in [6, 6.07) is 30.5. The van der Waals surface area contributed by atoms with E-state index < -0.39 is 11.6 Å². The van der Waals surface area contributed by atoms with Gasteiger partial charge in [-0.1, -0.05) is 84.9 Å². The molecule has 0 saturated heterocycles. The van der Waals surface area contributed by atoms with Crippen LogP contribution in [-0.2, 0) is 12.8 Å². The smallest absolute Gasteiger partial charge is 0.0919 e. The molecule has 3 N–H and O–H groups in total. The molecule has 0 radical (unpaired) electrons. The first-order valence-electron chi connectivity index (χ1n) is 10.5. The van der Waals surface area contributed by atoms with Crippen molar-refractivity contribution in [1.82, 2.24) is 0 Å². The summed E-state index contributed by atoms with van der Waals surface area (Å²) in [4.78, 5) is 0. The minimum absolute atomic E-state index is 0.502. The lowest BCUT2D eigenvalue weighted by atomic mass is 9.78. The second-order valence-corrected chi connectivity index (χ2v) is 8.39. The first-order valence-corrected chi connectivity index (χ1v) is 10.5. The fourth-order valence-electron chi connectivity index (χ4n) is 4.27. The van der Waals surface area contributed by atoms with Crippen molar-refractivity contribution in [2.75, 3.05) is 0 Å². The number of nitrogens with two attached hydrogens (primary N) is 1. The predicted molar refractivity (Wildman–Crippen MR) is 126 cm³/mol. The molecule has 0 amide bonds. The topological polar surface area (TPSA) is 46.2 Å². The molecule has 0 fully saturated rings. The molecule has 0 aromatic heterocycles. The van der Waals surface area contributed by atoms with Gasteiger partial charge in [0.1, 0.15) is 0 Å². The van der Waals surface area contributed by atoms with E-state index >= 15 is 0 Å². The number of aryl methyl sites for hydroxylation is 2. The highest BCUT2D eigenvalue weighted by atomic mass is 16.3. The largest absolute Gasteiger partial charge is 0.387 e. The molecule has 4 aromatic carbocycles. The molecule has 0 spiro atoms. The maximum Gasteiger partial charge on any atom is 0.0919 e. The number of hydrogen-bond donors (Lipinski definition) is 2. The summed E-state index contributed by atoms with van der Waals surface area (Å²) in [5.41, 5.74) is 11.3. The summed E-state index contributed by atoms with van der Waals surface area (Å²) in [6.45, 7) is 4.18. The Morgan fingerprint density at radius 3 is 1.77 bits per heavy atom. The Morgan fingerprint density at radius 1 is 0.700 bits per heavy atom. The van der Waals surface area contributed by atoms with E-state index in [0.717, 1.165) is 22.1 Å². The van der Waals surface area contributed by atoms with E-state index in [2.05, 4.69) is 62.4 Å². The van der Waals surface area contributed by atoms with E-state index in [9.17, 15) is 5.11 Å². The SMILES string of the molecule is Cc1ccccc1CC(O)(Cc1ccccc1C)C(N)c1ccc2ccccc2c1. The van der Waals surface area contributed by atoms with Crippen LogP contribution in [0.1, 0.15) is 33.9 Å². The molecular formula is C28H29NO. The van der Waals surface area contributed by atoms with Gasteiger partial charge in [0.05, 0.1) is 11.6 Å². The summed E-state index contributed by atoms with van der Waals surface area (Å²) in [5.74, 6) is 0. The monoisotopic (exact) mass is 395 g/mol. The molecule has 0 aliphatic carbocycles. The van der Waals surface area contributed by atoms with E-state index in [1.807, 2.05) is 42.5 Å². The van der Waals surface area contributed by atoms with Crippen LogP contribution in [0.2, 0.25) is 0 Å². The Bertz CT molecular complexity index is 1120. The predicted octanol–water partition coefficient (Wildman–Crippen LogP) is 5.67. The van der Waals surface area contributed by atoms with Crippen molar-refractivity contribution in [3.63, 3.8) is 0 Å². The summed E-state index contributed by atoms with van der Waals surface area (Å²) in [6.07, 6.45) is 1.00. The lowest BCUT2D eigenvalue weighted by molar-refractivity contribution is 0.0134. The van der Waals surface area contributed by atoms with Crippen molar-refractivity contribution in [3.8, 4) is 0 Å². The molecule has 0 saturated carbocycles. The van der Waals surface area contributed by atoms with Crippen LogP contribution in [0.15, 0.2) is 91.0 Å². The molecule has 1 unspecified atom stereocenters. The first kappa shape index (κ1) is 20.3. The molecule has 4 rings (SSSR count). The minimum Gasteiger partial charge on any atom is -0.387 e. The number of hydrogen-bond acceptors (Lipinski definition) is 2. The van der Waals surface area contributed by atoms with Crippen LogP contribution >= 0.6 is 0 Å². The van der Waals surface area contributed by atoms with Crippen LogP contribution in [0.5, 0.6) is 0 Å². The third-order valence-electron chi connectivity index (χ3n) is 6.23. The average molecular weight is 396 g/mol. The average Bonchev–Trinajstić information content (AvgIpc) is 2.76. The van der Waals surface area contributed by atoms with Crippen LogP contribution in [0, 0.1) is 13.8 Å². The van der Waals surface area contributed by atoms with Gasteiger partial charge in [-0.2, -0.15) is 0 Å². The van der Waals surface area contributed by atoms with Gasteiger partial charge in [0.15, 0.2) is 0 Å². The van der Waals surface area contributed by atoms with Crippen LogP contribution in [-0.4, -0.2) is 10.7 Å². The summed E-state index contributed by atoms with van der Waals surface area (Å²) in [5, 5.41) is 14.4. The fraction of sp³-hybridized carbons (Fsp3) is 0.214. The third-order valence-corrected chi connectivity index (χ3v) is 6.23. The molecule has 0 heterocycles. The van der Waals surface area contributed by atoms with E-state index in [0.29, 0.717) is 12.8 Å². The third kappa shape index (κ3) is 4.16. The molecule has 2 heteroatoms. The van der Waals surface area contributed by atoms with Crippen molar-refractivity contribution in [3.05, 3.63) is 119 Å². The van der Waals surface area contributed by atoms with Crippen molar-refractivity contribution in [2.45, 2.75) is 38.3 Å². The second kappa shape index (κ2) is 8.43. The van der Waals surface area contributed by atoms with E-state index in [1.165, 1.54) is 16.5 Å². The molecule has 0 aliphatic rings. The van der Waals surface area contributed by atoms with Crippen molar-refractivity contribution in [1.29, 1.82) is 0 Å². The molecular weight excluding hydrogens is 366 g/mol. The second-order valence-electron chi connectivity index (χ2n) is 8.39. The van der Waals surface area contributed by atoms with E-state index in [4.69, 9.17) is 5.73 Å². The number of aliphatic hydroxyl groups is 1. The van der Waals surface area contributed by atoms with E-state index in [-0.39, 0.29) is 0 Å². The molecule has 1 atom stereocenters. The minimum atomic E-state index is -1.11. The summed E-state index contributed by atoms with van der Waals surface area (Å²) >= 11 is 0. The Morgan fingerprint density at radius 2 is 1.20 bits per heavy atom. The van der Waals surface area contributed by atoms with Gasteiger partial charge in [-0.3, -0.25) is 0 Å². The first-order chi connectivity index (χ1) is 14.5. The quantitative estimate of drug-likeness (QED) is 0.442. The zero-order chi connectivity index (χ0) is 21.1. The molecule has 0 aliphatic heterocycles. The number of fused-ring (bicyclic) bond motifs is 1. The highest BCUT2D eigenvalue weighted by Crippen LogP contribution is 2.34. The molecule has 30 heavy (non-hydrogen) atoms. The maximum atomic E-state index is 12.0.